The normalized spacial score (nSPS) is 16.8. The lowest BCUT2D eigenvalue weighted by Gasteiger charge is -2.30. The number of nitrogens with one attached hydrogen (secondary N) is 5. The van der Waals surface area contributed by atoms with Crippen LogP contribution in [0.25, 0.3) is 0 Å². The molecular formula is C63H75N9O12S3. The van der Waals surface area contributed by atoms with Crippen LogP contribution in [-0.4, -0.2) is 137 Å². The number of phenols is 1. The monoisotopic (exact) mass is 1250 g/mol. The van der Waals surface area contributed by atoms with Crippen LogP contribution < -0.4 is 26.6 Å². The Bertz CT molecular complexity index is 3590. The van der Waals surface area contributed by atoms with Gasteiger partial charge in [0.25, 0.3) is 0 Å². The molecule has 5 aromatic carbocycles. The second kappa shape index (κ2) is 30.2. The smallest absolute Gasteiger partial charge is 0.315 e. The number of Topliss-reactive ketones (excluding diaryl/α,β-unsaturated/α-hetero) is 1. The van der Waals surface area contributed by atoms with Gasteiger partial charge in [0.05, 0.1) is 51.7 Å². The number of amides is 5. The predicted molar refractivity (Wildman–Crippen MR) is 328 cm³/mol. The molecule has 21 nitrogen and oxygen atoms in total. The van der Waals surface area contributed by atoms with E-state index < -0.39 is 50.5 Å². The zero-order chi connectivity index (χ0) is 62.3. The number of phenolic OH excluding ortho intramolecular Hbond substituents is 1. The first-order valence-electron chi connectivity index (χ1n) is 29.2. The molecule has 1 unspecified atom stereocenters. The number of hydrogen-bond acceptors (Lipinski definition) is 15. The summed E-state index contributed by atoms with van der Waals surface area (Å²) in [6.45, 7) is 4.70. The Morgan fingerprint density at radius 3 is 2.09 bits per heavy atom. The minimum Gasteiger partial charge on any atom is -0.508 e. The van der Waals surface area contributed by atoms with Crippen molar-refractivity contribution in [2.75, 3.05) is 25.4 Å². The van der Waals surface area contributed by atoms with Crippen LogP contribution in [0, 0.1) is 5.92 Å². The molecule has 7 N–H and O–H groups in total. The van der Waals surface area contributed by atoms with Crippen molar-refractivity contribution in [3.63, 3.8) is 0 Å². The van der Waals surface area contributed by atoms with Crippen molar-refractivity contribution in [1.82, 2.24) is 45.9 Å². The second-order valence-corrected chi connectivity index (χ2v) is 27.6. The molecule has 6 aromatic rings. The summed E-state index contributed by atoms with van der Waals surface area (Å²) in [6, 6.07) is 30.3. The van der Waals surface area contributed by atoms with Gasteiger partial charge in [-0.15, -0.1) is 5.10 Å². The number of aliphatic hydroxyl groups is 1. The molecule has 2 saturated heterocycles. The number of sulfone groups is 1. The third kappa shape index (κ3) is 17.9. The highest BCUT2D eigenvalue weighted by molar-refractivity contribution is 8.00. The molecule has 0 saturated carbocycles. The lowest BCUT2D eigenvalue weighted by atomic mass is 9.99. The van der Waals surface area contributed by atoms with Crippen molar-refractivity contribution in [3.05, 3.63) is 167 Å². The van der Waals surface area contributed by atoms with Crippen molar-refractivity contribution in [1.29, 1.82) is 0 Å². The summed E-state index contributed by atoms with van der Waals surface area (Å²) in [5.74, 6) is -0.731. The summed E-state index contributed by atoms with van der Waals surface area (Å²) < 4.78 is 59.2. The molecule has 6 atom stereocenters. The average Bonchev–Trinajstić information content (AvgIpc) is 3.40. The maximum Gasteiger partial charge on any atom is 0.315 e. The molecule has 2 aliphatic heterocycles. The third-order valence-electron chi connectivity index (χ3n) is 15.3. The van der Waals surface area contributed by atoms with E-state index in [1.54, 1.807) is 74.5 Å². The Morgan fingerprint density at radius 1 is 0.724 bits per heavy atom. The SMILES string of the molecule is CC(=O)c1ccc(S(=O)(=O)c2cccc(S(=O)(=O)N(CC(C)C)CC(O)[C@H](Cc3ccc(O)cc3)n3cc(CNC(=O)[C@H](Cc4ccc(C(=O)c5ccccc5)cc4)NC(=O)CCCCCNC(=O)CCCC[C@@H]4SC[C@@H]5NC(=O)N[C@@H]54)nn3)c2)cc1. The number of rotatable bonds is 32. The third-order valence-corrected chi connectivity index (χ3v) is 20.4. The number of carbonyl (C=O) groups excluding carboxylic acids is 6. The minimum absolute atomic E-state index is 0.000267. The fourth-order valence-electron chi connectivity index (χ4n) is 10.5. The van der Waals surface area contributed by atoms with E-state index in [1.165, 1.54) is 72.4 Å². The van der Waals surface area contributed by atoms with Gasteiger partial charge in [0.1, 0.15) is 17.5 Å². The highest BCUT2D eigenvalue weighted by Gasteiger charge is 2.42. The second-order valence-electron chi connectivity index (χ2n) is 22.4. The Labute approximate surface area is 511 Å². The van der Waals surface area contributed by atoms with Gasteiger partial charge in [-0.2, -0.15) is 16.1 Å². The molecule has 2 aliphatic rings. The molecule has 0 aliphatic carbocycles. The number of benzene rings is 5. The van der Waals surface area contributed by atoms with Gasteiger partial charge in [-0.1, -0.05) is 117 Å². The Hall–Kier alpha value is -7.77. The van der Waals surface area contributed by atoms with Gasteiger partial charge in [-0.25, -0.2) is 26.3 Å². The summed E-state index contributed by atoms with van der Waals surface area (Å²) in [5, 5.41) is 45.9. The molecule has 5 amide bonds. The number of ketones is 2. The van der Waals surface area contributed by atoms with Crippen LogP contribution in [-0.2, 0) is 53.6 Å². The van der Waals surface area contributed by atoms with Gasteiger partial charge >= 0.3 is 6.03 Å². The van der Waals surface area contributed by atoms with Crippen LogP contribution in [0.5, 0.6) is 5.75 Å². The quantitative estimate of drug-likeness (QED) is 0.0135. The maximum atomic E-state index is 14.6. The first-order chi connectivity index (χ1) is 41.6. The summed E-state index contributed by atoms with van der Waals surface area (Å²) >= 11 is 1.85. The van der Waals surface area contributed by atoms with Crippen LogP contribution in [0.15, 0.2) is 148 Å². The molecule has 0 radical (unpaired) electrons. The number of carbonyl (C=O) groups is 6. The van der Waals surface area contributed by atoms with Gasteiger partial charge in [0, 0.05) is 66.6 Å². The topological polar surface area (TPSA) is 305 Å². The molecule has 3 heterocycles. The highest BCUT2D eigenvalue weighted by atomic mass is 32.2. The Morgan fingerprint density at radius 2 is 1.38 bits per heavy atom. The van der Waals surface area contributed by atoms with Gasteiger partial charge in [0.2, 0.25) is 37.6 Å². The van der Waals surface area contributed by atoms with Gasteiger partial charge < -0.3 is 36.8 Å². The van der Waals surface area contributed by atoms with Gasteiger partial charge in [-0.05, 0) is 98.5 Å². The summed E-state index contributed by atoms with van der Waals surface area (Å²) in [7, 11) is -8.72. The van der Waals surface area contributed by atoms with Crippen molar-refractivity contribution in [2.45, 2.75) is 142 Å². The first-order valence-corrected chi connectivity index (χ1v) is 33.2. The van der Waals surface area contributed by atoms with Gasteiger partial charge in [0.15, 0.2) is 11.6 Å². The lowest BCUT2D eigenvalue weighted by molar-refractivity contribution is -0.129. The molecule has 8 rings (SSSR count). The standard InChI is InChI=1S/C63H75N9O12S3/c1-41(2)37-71(87(83,84)52-16-12-15-51(35-52)86(81,82)50-30-26-45(27-31-50)42(3)73)39-56(75)55(34-44-22-28-49(74)29-23-44)72-38-48(69-70-72)36-65-62(79)53(33-43-20-24-47(25-21-43)61(78)46-13-6-4-7-14-46)66-59(77)19-8-5-11-32-64-58(76)18-10-9-17-57-60-54(40-85-57)67-63(80)68-60/h4,6-7,12-16,20-31,35,38,41,53-57,60,74-75H,5,8-11,17-19,32-34,36-37,39-40H2,1-3H3,(H,64,76)(H,65,79)(H,66,77)(H2,67,68,80)/t53-,54-,55-,56?,57-,60-/m0/s1. The minimum atomic E-state index is -4.49. The van der Waals surface area contributed by atoms with Crippen molar-refractivity contribution >= 4 is 66.9 Å². The van der Waals surface area contributed by atoms with E-state index in [0.717, 1.165) is 35.4 Å². The van der Waals surface area contributed by atoms with Crippen molar-refractivity contribution in [3.8, 4) is 5.75 Å². The number of aromatic nitrogens is 3. The van der Waals surface area contributed by atoms with E-state index >= 15 is 0 Å². The molecule has 1 aromatic heterocycles. The number of urea groups is 1. The highest BCUT2D eigenvalue weighted by Crippen LogP contribution is 2.34. The Kier molecular flexibility index (Phi) is 22.7. The van der Waals surface area contributed by atoms with E-state index in [4.69, 9.17) is 0 Å². The van der Waals surface area contributed by atoms with Crippen LogP contribution in [0.2, 0.25) is 0 Å². The molecular weight excluding hydrogens is 1170 g/mol. The lowest BCUT2D eigenvalue weighted by Crippen LogP contribution is -2.47. The van der Waals surface area contributed by atoms with Gasteiger partial charge in [-0.3, -0.25) is 24.0 Å². The summed E-state index contributed by atoms with van der Waals surface area (Å²) in [4.78, 5) is 76.3. The molecule has 0 bridgehead atoms. The number of aliphatic hydroxyl groups excluding tert-OH is 1. The van der Waals surface area contributed by atoms with E-state index in [9.17, 15) is 55.8 Å². The summed E-state index contributed by atoms with van der Waals surface area (Å²) in [5.41, 5.74) is 2.85. The zero-order valence-electron chi connectivity index (χ0n) is 48.8. The number of sulfonamides is 1. The van der Waals surface area contributed by atoms with E-state index in [0.29, 0.717) is 65.3 Å². The van der Waals surface area contributed by atoms with Crippen LogP contribution in [0.1, 0.15) is 121 Å². The molecule has 2 fully saturated rings. The fraction of sp³-hybridized carbons (Fsp3) is 0.397. The predicted octanol–water partition coefficient (Wildman–Crippen LogP) is 6.49. The number of hydrogen-bond donors (Lipinski definition) is 7. The van der Waals surface area contributed by atoms with Crippen molar-refractivity contribution < 1.29 is 55.8 Å². The van der Waals surface area contributed by atoms with E-state index in [-0.39, 0.29) is 106 Å². The first kappa shape index (κ1) is 65.2. The molecule has 0 spiro atoms. The number of thioether (sulfide) groups is 1. The van der Waals surface area contributed by atoms with Crippen LogP contribution >= 0.6 is 11.8 Å². The number of fused-ring (bicyclic) bond motifs is 1. The van der Waals surface area contributed by atoms with Crippen LogP contribution in [0.4, 0.5) is 4.79 Å². The van der Waals surface area contributed by atoms with Crippen molar-refractivity contribution in [2.24, 2.45) is 5.92 Å². The fourth-order valence-corrected chi connectivity index (χ4v) is 15.1. The number of unbranched alkanes of at least 4 members (excludes halogenated alkanes) is 3. The largest absolute Gasteiger partial charge is 0.508 e. The van der Waals surface area contributed by atoms with E-state index in [1.807, 2.05) is 17.8 Å². The maximum absolute atomic E-state index is 14.6. The summed E-state index contributed by atoms with van der Waals surface area (Å²) in [6.07, 6.45) is 5.05. The molecule has 462 valence electrons. The molecule has 24 heteroatoms. The van der Waals surface area contributed by atoms with Crippen LogP contribution in [0.3, 0.4) is 0 Å². The molecule has 87 heavy (non-hydrogen) atoms. The Balaban J connectivity index is 0.908. The number of nitrogens with zero attached hydrogens (tertiary/aromatic N) is 4. The zero-order valence-corrected chi connectivity index (χ0v) is 51.3. The average molecular weight is 1250 g/mol. The number of aromatic hydroxyl groups is 1. The van der Waals surface area contributed by atoms with E-state index in [2.05, 4.69) is 36.9 Å².